The second kappa shape index (κ2) is 7.63. The molecule has 0 bridgehead atoms. The maximum atomic E-state index is 14.2. The summed E-state index contributed by atoms with van der Waals surface area (Å²) in [4.78, 5) is 28.3. The number of rotatable bonds is 5. The highest BCUT2D eigenvalue weighted by atomic mass is 19.1. The van der Waals surface area contributed by atoms with Crippen molar-refractivity contribution in [3.63, 3.8) is 0 Å². The van der Waals surface area contributed by atoms with Crippen LogP contribution in [0, 0.1) is 11.7 Å². The molecule has 0 aliphatic carbocycles. The summed E-state index contributed by atoms with van der Waals surface area (Å²) in [6.45, 7) is 3.39. The number of hydrogen-bond donors (Lipinski definition) is 2. The van der Waals surface area contributed by atoms with Gasteiger partial charge in [0, 0.05) is 10.9 Å². The molecule has 160 valence electrons. The predicted octanol–water partition coefficient (Wildman–Crippen LogP) is 3.53. The van der Waals surface area contributed by atoms with E-state index in [0.29, 0.717) is 16.6 Å². The molecule has 1 saturated heterocycles. The van der Waals surface area contributed by atoms with Crippen molar-refractivity contribution in [2.45, 2.75) is 25.6 Å². The lowest BCUT2D eigenvalue weighted by Gasteiger charge is -2.35. The van der Waals surface area contributed by atoms with Crippen LogP contribution in [0.5, 0.6) is 5.88 Å². The Balaban J connectivity index is 1.82. The Bertz CT molecular complexity index is 1200. The largest absolute Gasteiger partial charge is 0.481 e. The number of nitrogens with one attached hydrogen (secondary N) is 1. The van der Waals surface area contributed by atoms with E-state index in [4.69, 9.17) is 9.47 Å². The van der Waals surface area contributed by atoms with Crippen LogP contribution in [0.3, 0.4) is 0 Å². The second-order valence-corrected chi connectivity index (χ2v) is 7.68. The standard InChI is InChI=1S/C23H21FN2O5/c1-12(2)23(29,19-20(27)26-22(28)31-19)16-9-10-18(25-21(16)30-3)14-8-7-13-5-4-6-17(24)15(13)11-14/h4-12,19,29H,1-3H3,(H,26,27,28). The van der Waals surface area contributed by atoms with E-state index in [1.807, 2.05) is 17.4 Å². The van der Waals surface area contributed by atoms with Crippen LogP contribution in [0.25, 0.3) is 22.0 Å². The molecular weight excluding hydrogens is 403 g/mol. The van der Waals surface area contributed by atoms with E-state index in [2.05, 4.69) is 4.98 Å². The quantitative estimate of drug-likeness (QED) is 0.650. The van der Waals surface area contributed by atoms with Crippen molar-refractivity contribution < 1.29 is 28.6 Å². The Hall–Kier alpha value is -3.52. The van der Waals surface area contributed by atoms with E-state index in [1.54, 1.807) is 44.2 Å². The molecule has 2 heterocycles. The van der Waals surface area contributed by atoms with Gasteiger partial charge in [0.05, 0.1) is 18.4 Å². The zero-order valence-corrected chi connectivity index (χ0v) is 17.2. The van der Waals surface area contributed by atoms with Gasteiger partial charge in [0.15, 0.2) is 0 Å². The number of cyclic esters (lactones) is 1. The van der Waals surface area contributed by atoms with Crippen molar-refractivity contribution in [3.8, 4) is 17.1 Å². The number of hydrogen-bond acceptors (Lipinski definition) is 6. The fourth-order valence-electron chi connectivity index (χ4n) is 3.86. The number of methoxy groups -OCH3 is 1. The first-order valence-electron chi connectivity index (χ1n) is 9.73. The van der Waals surface area contributed by atoms with Crippen LogP contribution >= 0.6 is 0 Å². The highest BCUT2D eigenvalue weighted by Gasteiger charge is 2.53. The van der Waals surface area contributed by atoms with E-state index >= 15 is 0 Å². The molecule has 4 rings (SSSR count). The van der Waals surface area contributed by atoms with Crippen LogP contribution in [0.15, 0.2) is 48.5 Å². The van der Waals surface area contributed by atoms with Crippen LogP contribution in [-0.4, -0.2) is 35.3 Å². The smallest absolute Gasteiger partial charge is 0.414 e. The number of alkyl carbamates (subject to hydrolysis) is 1. The van der Waals surface area contributed by atoms with E-state index in [0.717, 1.165) is 5.39 Å². The number of carbonyl (C=O) groups excluding carboxylic acids is 2. The molecule has 8 heteroatoms. The number of fused-ring (bicyclic) bond motifs is 1. The Labute approximate surface area is 177 Å². The number of halogens is 1. The lowest BCUT2D eigenvalue weighted by atomic mass is 9.78. The number of pyridine rings is 1. The Morgan fingerprint density at radius 3 is 2.61 bits per heavy atom. The van der Waals surface area contributed by atoms with E-state index in [1.165, 1.54) is 13.2 Å². The number of aromatic nitrogens is 1. The molecule has 1 fully saturated rings. The number of benzene rings is 2. The Morgan fingerprint density at radius 2 is 1.97 bits per heavy atom. The van der Waals surface area contributed by atoms with Crippen molar-refractivity contribution in [1.82, 2.24) is 10.3 Å². The molecule has 2 amide bonds. The minimum atomic E-state index is -1.87. The van der Waals surface area contributed by atoms with Gasteiger partial charge in [-0.1, -0.05) is 38.1 Å². The van der Waals surface area contributed by atoms with E-state index < -0.39 is 29.6 Å². The number of aliphatic hydroxyl groups is 1. The summed E-state index contributed by atoms with van der Waals surface area (Å²) in [5, 5.41) is 14.7. The van der Waals surface area contributed by atoms with Crippen LogP contribution < -0.4 is 10.1 Å². The summed E-state index contributed by atoms with van der Waals surface area (Å²) in [6.07, 6.45) is -2.37. The fraction of sp³-hybridized carbons (Fsp3) is 0.261. The van der Waals surface area contributed by atoms with Gasteiger partial charge in [-0.2, -0.15) is 0 Å². The molecule has 1 aliphatic heterocycles. The molecule has 0 spiro atoms. The topological polar surface area (TPSA) is 97.8 Å². The zero-order chi connectivity index (χ0) is 22.3. The highest BCUT2D eigenvalue weighted by molar-refractivity contribution is 6.00. The van der Waals surface area contributed by atoms with Crippen molar-refractivity contribution in [1.29, 1.82) is 0 Å². The zero-order valence-electron chi connectivity index (χ0n) is 17.2. The van der Waals surface area contributed by atoms with Crippen LogP contribution in [0.1, 0.15) is 19.4 Å². The molecule has 1 aliphatic rings. The molecule has 7 nitrogen and oxygen atoms in total. The SMILES string of the molecule is COc1nc(-c2ccc3cccc(F)c3c2)ccc1C(O)(C(C)C)C1OC(=O)NC1=O. The summed E-state index contributed by atoms with van der Waals surface area (Å²) in [7, 11) is 1.39. The summed E-state index contributed by atoms with van der Waals surface area (Å²) >= 11 is 0. The number of amides is 2. The molecule has 2 atom stereocenters. The summed E-state index contributed by atoms with van der Waals surface area (Å²) < 4.78 is 24.7. The molecular formula is C23H21FN2O5. The first-order valence-corrected chi connectivity index (χ1v) is 9.73. The predicted molar refractivity (Wildman–Crippen MR) is 111 cm³/mol. The van der Waals surface area contributed by atoms with Gasteiger partial charge >= 0.3 is 6.09 Å². The third kappa shape index (κ3) is 3.38. The minimum absolute atomic E-state index is 0.0677. The van der Waals surface area contributed by atoms with Gasteiger partial charge in [-0.3, -0.25) is 10.1 Å². The minimum Gasteiger partial charge on any atom is -0.481 e. The average molecular weight is 424 g/mol. The molecule has 3 aromatic rings. The number of carbonyl (C=O) groups is 2. The molecule has 0 saturated carbocycles. The number of nitrogens with zero attached hydrogens (tertiary/aromatic N) is 1. The third-order valence-electron chi connectivity index (χ3n) is 5.58. The molecule has 31 heavy (non-hydrogen) atoms. The van der Waals surface area contributed by atoms with Gasteiger partial charge in [0.2, 0.25) is 12.0 Å². The van der Waals surface area contributed by atoms with Gasteiger partial charge in [0.1, 0.15) is 11.4 Å². The molecule has 0 radical (unpaired) electrons. The Morgan fingerprint density at radius 1 is 1.19 bits per heavy atom. The Kier molecular flexibility index (Phi) is 5.10. The third-order valence-corrected chi connectivity index (χ3v) is 5.58. The monoisotopic (exact) mass is 424 g/mol. The van der Waals surface area contributed by atoms with Crippen molar-refractivity contribution in [2.24, 2.45) is 5.92 Å². The van der Waals surface area contributed by atoms with Gasteiger partial charge in [-0.25, -0.2) is 14.2 Å². The second-order valence-electron chi connectivity index (χ2n) is 7.68. The first kappa shape index (κ1) is 20.7. The number of imide groups is 1. The van der Waals surface area contributed by atoms with Crippen molar-refractivity contribution in [3.05, 3.63) is 59.9 Å². The van der Waals surface area contributed by atoms with Gasteiger partial charge in [-0.05, 0) is 35.6 Å². The molecule has 2 N–H and O–H groups in total. The van der Waals surface area contributed by atoms with E-state index in [9.17, 15) is 19.1 Å². The van der Waals surface area contributed by atoms with Gasteiger partial charge in [0.25, 0.3) is 5.91 Å². The van der Waals surface area contributed by atoms with Gasteiger partial charge in [-0.15, -0.1) is 0 Å². The highest BCUT2D eigenvalue weighted by Crippen LogP contribution is 2.41. The van der Waals surface area contributed by atoms with Gasteiger partial charge < -0.3 is 14.6 Å². The number of ether oxygens (including phenoxy) is 2. The lowest BCUT2D eigenvalue weighted by Crippen LogP contribution is -2.48. The maximum absolute atomic E-state index is 14.2. The molecule has 2 unspecified atom stereocenters. The fourth-order valence-corrected chi connectivity index (χ4v) is 3.86. The van der Waals surface area contributed by atoms with Crippen LogP contribution in [0.4, 0.5) is 9.18 Å². The normalized spacial score (nSPS) is 18.1. The van der Waals surface area contributed by atoms with Crippen molar-refractivity contribution >= 4 is 22.8 Å². The summed E-state index contributed by atoms with van der Waals surface area (Å²) in [5.74, 6) is -1.54. The summed E-state index contributed by atoms with van der Waals surface area (Å²) in [6, 6.07) is 13.4. The maximum Gasteiger partial charge on any atom is 0.414 e. The van der Waals surface area contributed by atoms with E-state index in [-0.39, 0.29) is 17.3 Å². The average Bonchev–Trinajstić information content (AvgIpc) is 3.11. The van der Waals surface area contributed by atoms with Crippen LogP contribution in [0.2, 0.25) is 0 Å². The lowest BCUT2D eigenvalue weighted by molar-refractivity contribution is -0.145. The van der Waals surface area contributed by atoms with Crippen molar-refractivity contribution in [2.75, 3.05) is 7.11 Å². The first-order chi connectivity index (χ1) is 14.8. The van der Waals surface area contributed by atoms with Crippen LogP contribution in [-0.2, 0) is 15.1 Å². The molecule has 1 aromatic heterocycles. The molecule has 2 aromatic carbocycles. The summed E-state index contributed by atoms with van der Waals surface area (Å²) in [5.41, 5.74) is -0.524.